The number of aromatic nitrogens is 2. The van der Waals surface area contributed by atoms with E-state index >= 15 is 0 Å². The number of hydrogen-bond acceptors (Lipinski definition) is 4. The lowest BCUT2D eigenvalue weighted by Gasteiger charge is -2.46. The standard InChI is InChI=1S/C24H21F3N4O2.H2/c1-33-22-6-5-13(12-29-22)16-10-19(26)20(11-18(16)25)30-24(32)31-14-3-2-4-21(31)15-7-8-28-23(27)17(15)9-14;/h5-8,10-12,14,21H,2-4,9H2,1H3,(H,30,32);1H/t14-,21+;/m0./s1. The first-order valence-electron chi connectivity index (χ1n) is 10.7. The summed E-state index contributed by atoms with van der Waals surface area (Å²) in [6.45, 7) is 0. The van der Waals surface area contributed by atoms with Gasteiger partial charge in [-0.3, -0.25) is 0 Å². The molecular weight excluding hydrogens is 433 g/mol. The topological polar surface area (TPSA) is 67.3 Å². The van der Waals surface area contributed by atoms with E-state index in [2.05, 4.69) is 15.3 Å². The molecule has 1 fully saturated rings. The second-order valence-electron chi connectivity index (χ2n) is 8.21. The fourth-order valence-corrected chi connectivity index (χ4v) is 4.83. The number of nitrogens with zero attached hydrogens (tertiary/aromatic N) is 3. The third kappa shape index (κ3) is 3.77. The molecular formula is C24H23F3N4O2. The predicted molar refractivity (Wildman–Crippen MR) is 117 cm³/mol. The number of carbonyl (C=O) groups is 1. The molecule has 2 atom stereocenters. The molecule has 5 rings (SSSR count). The minimum Gasteiger partial charge on any atom is -0.481 e. The van der Waals surface area contributed by atoms with Gasteiger partial charge in [-0.1, -0.05) is 0 Å². The van der Waals surface area contributed by atoms with Crippen LogP contribution in [0, 0.1) is 17.6 Å². The minimum absolute atomic E-state index is 0. The highest BCUT2D eigenvalue weighted by Crippen LogP contribution is 2.42. The van der Waals surface area contributed by atoms with Crippen LogP contribution in [0.1, 0.15) is 37.9 Å². The van der Waals surface area contributed by atoms with Crippen LogP contribution in [-0.2, 0) is 6.42 Å². The van der Waals surface area contributed by atoms with Crippen molar-refractivity contribution in [2.45, 2.75) is 37.8 Å². The summed E-state index contributed by atoms with van der Waals surface area (Å²) in [7, 11) is 1.46. The summed E-state index contributed by atoms with van der Waals surface area (Å²) in [6, 6.07) is 5.74. The van der Waals surface area contributed by atoms with Gasteiger partial charge >= 0.3 is 6.03 Å². The van der Waals surface area contributed by atoms with Crippen LogP contribution in [0.2, 0.25) is 0 Å². The van der Waals surface area contributed by atoms with Crippen molar-refractivity contribution >= 4 is 11.7 Å². The minimum atomic E-state index is -0.770. The SMILES string of the molecule is COc1ccc(-c2cc(F)c(NC(=O)N3[C@H]4CCC[C@@H]3c3ccnc(F)c3C4)cc2F)cn1.[HH]. The zero-order valence-corrected chi connectivity index (χ0v) is 17.8. The Hall–Kier alpha value is -3.62. The molecule has 2 aromatic heterocycles. The van der Waals surface area contributed by atoms with Crippen LogP contribution in [0.3, 0.4) is 0 Å². The molecule has 1 aromatic carbocycles. The van der Waals surface area contributed by atoms with E-state index in [0.29, 0.717) is 36.3 Å². The number of fused-ring (bicyclic) bond motifs is 4. The molecule has 0 radical (unpaired) electrons. The van der Waals surface area contributed by atoms with E-state index in [1.54, 1.807) is 23.1 Å². The lowest BCUT2D eigenvalue weighted by Crippen LogP contribution is -2.51. The Morgan fingerprint density at radius 2 is 2.00 bits per heavy atom. The second-order valence-corrected chi connectivity index (χ2v) is 8.21. The Labute approximate surface area is 189 Å². The van der Waals surface area contributed by atoms with Crippen LogP contribution in [0.15, 0.2) is 42.7 Å². The van der Waals surface area contributed by atoms with Crippen molar-refractivity contribution in [3.8, 4) is 17.0 Å². The first-order valence-corrected chi connectivity index (χ1v) is 10.7. The van der Waals surface area contributed by atoms with Crippen LogP contribution in [0.25, 0.3) is 11.1 Å². The normalized spacial score (nSPS) is 19.1. The Bertz CT molecular complexity index is 1230. The number of methoxy groups -OCH3 is 1. The lowest BCUT2D eigenvalue weighted by atomic mass is 9.81. The van der Waals surface area contributed by atoms with Gasteiger partial charge in [0, 0.05) is 48.7 Å². The van der Waals surface area contributed by atoms with Gasteiger partial charge < -0.3 is 15.0 Å². The van der Waals surface area contributed by atoms with Crippen LogP contribution in [-0.4, -0.2) is 34.1 Å². The largest absolute Gasteiger partial charge is 0.481 e. The number of carbonyl (C=O) groups excluding carboxylic acids is 1. The summed E-state index contributed by atoms with van der Waals surface area (Å²) in [5, 5.41) is 2.52. The fraction of sp³-hybridized carbons (Fsp3) is 0.292. The molecule has 2 amide bonds. The zero-order valence-electron chi connectivity index (χ0n) is 17.8. The molecule has 172 valence electrons. The number of halogens is 3. The molecule has 6 nitrogen and oxygen atoms in total. The molecule has 4 heterocycles. The summed E-state index contributed by atoms with van der Waals surface area (Å²) >= 11 is 0. The van der Waals surface area contributed by atoms with Crippen molar-refractivity contribution in [3.63, 3.8) is 0 Å². The van der Waals surface area contributed by atoms with Crippen molar-refractivity contribution in [3.05, 3.63) is 71.4 Å². The van der Waals surface area contributed by atoms with Crippen LogP contribution in [0.5, 0.6) is 5.88 Å². The Balaban J connectivity index is 0.00000274. The third-order valence-corrected chi connectivity index (χ3v) is 6.37. The molecule has 1 saturated heterocycles. The van der Waals surface area contributed by atoms with Gasteiger partial charge in [-0.05, 0) is 49.4 Å². The van der Waals surface area contributed by atoms with E-state index in [9.17, 15) is 18.0 Å². The molecule has 33 heavy (non-hydrogen) atoms. The van der Waals surface area contributed by atoms with E-state index in [1.807, 2.05) is 0 Å². The highest BCUT2D eigenvalue weighted by Gasteiger charge is 2.41. The number of urea groups is 1. The molecule has 0 unspecified atom stereocenters. The first-order chi connectivity index (χ1) is 16.0. The molecule has 3 aromatic rings. The van der Waals surface area contributed by atoms with E-state index in [-0.39, 0.29) is 24.8 Å². The average Bonchev–Trinajstić information content (AvgIpc) is 2.81. The summed E-state index contributed by atoms with van der Waals surface area (Å²) in [5.74, 6) is -1.63. The number of pyridine rings is 2. The molecule has 2 aliphatic rings. The van der Waals surface area contributed by atoms with Crippen LogP contribution in [0.4, 0.5) is 23.7 Å². The molecule has 0 aliphatic carbocycles. The van der Waals surface area contributed by atoms with Crippen molar-refractivity contribution in [2.24, 2.45) is 0 Å². The first kappa shape index (κ1) is 21.2. The third-order valence-electron chi connectivity index (χ3n) is 6.37. The van der Waals surface area contributed by atoms with Gasteiger partial charge in [0.25, 0.3) is 0 Å². The Kier molecular flexibility index (Phi) is 5.39. The van der Waals surface area contributed by atoms with Gasteiger partial charge in [0.05, 0.1) is 18.8 Å². The quantitative estimate of drug-likeness (QED) is 0.529. The fourth-order valence-electron chi connectivity index (χ4n) is 4.83. The van der Waals surface area contributed by atoms with E-state index in [1.165, 1.54) is 19.5 Å². The summed E-state index contributed by atoms with van der Waals surface area (Å²) in [6.07, 6.45) is 5.39. The number of benzene rings is 1. The Morgan fingerprint density at radius 3 is 2.76 bits per heavy atom. The van der Waals surface area contributed by atoms with Crippen LogP contribution < -0.4 is 10.1 Å². The number of piperidine rings is 1. The maximum Gasteiger partial charge on any atom is 0.322 e. The summed E-state index contributed by atoms with van der Waals surface area (Å²) < 4.78 is 48.9. The van der Waals surface area contributed by atoms with Crippen molar-refractivity contribution in [2.75, 3.05) is 12.4 Å². The highest BCUT2D eigenvalue weighted by atomic mass is 19.1. The molecule has 2 aliphatic heterocycles. The molecule has 0 spiro atoms. The van der Waals surface area contributed by atoms with Gasteiger partial charge in [0.2, 0.25) is 11.8 Å². The molecule has 9 heteroatoms. The number of hydrogen-bond donors (Lipinski definition) is 1. The molecule has 2 bridgehead atoms. The molecule has 0 saturated carbocycles. The van der Waals surface area contributed by atoms with Gasteiger partial charge in [0.15, 0.2) is 0 Å². The smallest absolute Gasteiger partial charge is 0.322 e. The zero-order chi connectivity index (χ0) is 23.1. The van der Waals surface area contributed by atoms with Crippen molar-refractivity contribution < 1.29 is 24.1 Å². The number of ether oxygens (including phenoxy) is 1. The maximum atomic E-state index is 14.9. The second kappa shape index (κ2) is 8.38. The number of amides is 2. The van der Waals surface area contributed by atoms with E-state index in [0.717, 1.165) is 24.1 Å². The van der Waals surface area contributed by atoms with Gasteiger partial charge in [-0.2, -0.15) is 4.39 Å². The number of nitrogens with one attached hydrogen (secondary N) is 1. The van der Waals surface area contributed by atoms with Crippen molar-refractivity contribution in [1.29, 1.82) is 0 Å². The number of rotatable bonds is 3. The summed E-state index contributed by atoms with van der Waals surface area (Å²) in [4.78, 5) is 22.5. The Morgan fingerprint density at radius 1 is 1.15 bits per heavy atom. The van der Waals surface area contributed by atoms with Gasteiger partial charge in [-0.15, -0.1) is 0 Å². The van der Waals surface area contributed by atoms with E-state index < -0.39 is 23.6 Å². The highest BCUT2D eigenvalue weighted by molar-refractivity contribution is 5.91. The summed E-state index contributed by atoms with van der Waals surface area (Å²) in [5.41, 5.74) is 1.40. The molecule has 1 N–H and O–H groups in total. The van der Waals surface area contributed by atoms with E-state index in [4.69, 9.17) is 4.74 Å². The van der Waals surface area contributed by atoms with Crippen LogP contribution >= 0.6 is 0 Å². The average molecular weight is 456 g/mol. The predicted octanol–water partition coefficient (Wildman–Crippen LogP) is 5.50. The number of anilines is 1. The maximum absolute atomic E-state index is 14.9. The van der Waals surface area contributed by atoms with Crippen molar-refractivity contribution in [1.82, 2.24) is 14.9 Å². The lowest BCUT2D eigenvalue weighted by molar-refractivity contribution is 0.104. The van der Waals surface area contributed by atoms with Gasteiger partial charge in [-0.25, -0.2) is 23.5 Å². The van der Waals surface area contributed by atoms with Gasteiger partial charge in [0.1, 0.15) is 11.6 Å². The monoisotopic (exact) mass is 456 g/mol.